The van der Waals surface area contributed by atoms with Crippen LogP contribution in [-0.4, -0.2) is 344 Å². The fraction of sp³-hybridized carbons (Fsp3) is 0.900. The Morgan fingerprint density at radius 3 is 1.35 bits per heavy atom. The van der Waals surface area contributed by atoms with Crippen molar-refractivity contribution in [2.75, 3.05) is 39.6 Å². The molecule has 4 amide bonds. The fourth-order valence-corrected chi connectivity index (χ4v) is 15.8. The molecule has 0 bridgehead atoms. The van der Waals surface area contributed by atoms with Gasteiger partial charge in [-0.3, -0.25) is 19.2 Å². The van der Waals surface area contributed by atoms with Crippen LogP contribution in [0.25, 0.3) is 0 Å². The van der Waals surface area contributed by atoms with Crippen molar-refractivity contribution in [1.29, 1.82) is 0 Å². The molecule has 0 radical (unpaired) electrons. The third-order valence-corrected chi connectivity index (χ3v) is 22.5. The van der Waals surface area contributed by atoms with E-state index in [4.69, 9.17) is 47.4 Å². The van der Waals surface area contributed by atoms with Crippen LogP contribution in [0.1, 0.15) is 240 Å². The number of hydrogen-bond acceptors (Lipinski definition) is 32. The predicted molar refractivity (Wildman–Crippen MR) is 416 cm³/mol. The summed E-state index contributed by atoms with van der Waals surface area (Å²) in [6.07, 6.45) is -16.7. The summed E-state index contributed by atoms with van der Waals surface area (Å²) in [5.74, 6) is -14.6. The number of carboxylic acids is 2. The third kappa shape index (κ3) is 31.9. The molecule has 22 N–H and O–H groups in total. The average Bonchev–Trinajstić information content (AvgIpc) is 0.755. The van der Waals surface area contributed by atoms with Crippen molar-refractivity contribution < 1.29 is 168 Å². The number of carbonyl (C=O) groups is 6. The minimum Gasteiger partial charge on any atom is -0.477 e. The number of rotatable bonds is 58. The Kier molecular flexibility index (Phi) is 47.9. The molecule has 118 heavy (non-hydrogen) atoms. The first kappa shape index (κ1) is 104. The second-order valence-corrected chi connectivity index (χ2v) is 32.1. The topological polar surface area (TPSA) is 607 Å². The van der Waals surface area contributed by atoms with Crippen LogP contribution < -0.4 is 21.3 Å². The molecular formula is C80H142N4O34. The average molecular weight is 1700 g/mol. The molecule has 0 aliphatic carbocycles. The minimum atomic E-state index is -3.59. The Morgan fingerprint density at radius 1 is 0.458 bits per heavy atom. The molecule has 5 rings (SSSR count). The maximum atomic E-state index is 14.2. The van der Waals surface area contributed by atoms with Crippen LogP contribution in [0, 0.1) is 0 Å². The van der Waals surface area contributed by atoms with E-state index in [1.165, 1.54) is 115 Å². The fourth-order valence-electron chi connectivity index (χ4n) is 15.8. The number of unbranched alkanes of at least 4 members (excludes halogenated alkanes) is 27. The number of carboxylic acid groups (broad SMARTS) is 2. The van der Waals surface area contributed by atoms with E-state index in [0.717, 1.165) is 85.0 Å². The molecule has 5 saturated heterocycles. The van der Waals surface area contributed by atoms with Gasteiger partial charge in [-0.1, -0.05) is 193 Å². The lowest BCUT2D eigenvalue weighted by Gasteiger charge is -2.52. The number of allylic oxidation sites excluding steroid dienone is 1. The maximum absolute atomic E-state index is 14.2. The number of ether oxygens (including phenoxy) is 10. The molecule has 0 aromatic carbocycles. The van der Waals surface area contributed by atoms with Gasteiger partial charge >= 0.3 is 11.9 Å². The summed E-state index contributed by atoms with van der Waals surface area (Å²) in [6.45, 7) is 0.534. The van der Waals surface area contributed by atoms with Gasteiger partial charge < -0.3 is 161 Å². The van der Waals surface area contributed by atoms with Gasteiger partial charge in [0, 0.05) is 40.0 Å². The Bertz CT molecular complexity index is 2900. The Morgan fingerprint density at radius 2 is 0.881 bits per heavy atom. The highest BCUT2D eigenvalue weighted by Crippen LogP contribution is 2.42. The monoisotopic (exact) mass is 1700 g/mol. The summed E-state index contributed by atoms with van der Waals surface area (Å²) in [7, 11) is 0. The lowest BCUT2D eigenvalue weighted by molar-refractivity contribution is -0.402. The van der Waals surface area contributed by atoms with Gasteiger partial charge in [-0.2, -0.15) is 0 Å². The van der Waals surface area contributed by atoms with Gasteiger partial charge in [-0.25, -0.2) is 9.59 Å². The molecule has 5 heterocycles. The summed E-state index contributed by atoms with van der Waals surface area (Å²) >= 11 is 0. The maximum Gasteiger partial charge on any atom is 0.364 e. The quantitative estimate of drug-likeness (QED) is 0.0259. The summed E-state index contributed by atoms with van der Waals surface area (Å²) in [6, 6.07) is -6.82. The molecule has 38 nitrogen and oxygen atoms in total. The van der Waals surface area contributed by atoms with E-state index in [0.29, 0.717) is 12.8 Å². The van der Waals surface area contributed by atoms with Crippen molar-refractivity contribution in [2.45, 2.75) is 417 Å². The summed E-state index contributed by atoms with van der Waals surface area (Å²) in [5, 5.41) is 213. The second kappa shape index (κ2) is 54.3. The molecule has 686 valence electrons. The van der Waals surface area contributed by atoms with Crippen molar-refractivity contribution >= 4 is 35.6 Å². The van der Waals surface area contributed by atoms with Gasteiger partial charge in [0.05, 0.1) is 76.1 Å². The smallest absolute Gasteiger partial charge is 0.364 e. The molecule has 5 fully saturated rings. The van der Waals surface area contributed by atoms with Gasteiger partial charge in [0.2, 0.25) is 23.6 Å². The van der Waals surface area contributed by atoms with Crippen LogP contribution in [0.2, 0.25) is 0 Å². The number of aliphatic hydroxyl groups is 16. The van der Waals surface area contributed by atoms with Crippen LogP contribution >= 0.6 is 0 Å². The van der Waals surface area contributed by atoms with Crippen molar-refractivity contribution in [1.82, 2.24) is 21.3 Å². The van der Waals surface area contributed by atoms with E-state index in [1.54, 1.807) is 6.08 Å². The first-order valence-corrected chi connectivity index (χ1v) is 42.7. The van der Waals surface area contributed by atoms with Gasteiger partial charge in [-0.05, 0) is 19.3 Å². The van der Waals surface area contributed by atoms with E-state index < -0.39 is 265 Å². The van der Waals surface area contributed by atoms with Gasteiger partial charge in [-0.15, -0.1) is 0 Å². The standard InChI is InChI=1S/C80H142N4O34/c1-6-8-10-12-14-16-18-20-21-22-23-25-27-29-31-33-35-37-58(97)84-49(50(93)36-34-32-30-28-26-24-19-17-15-13-11-9-7-2)45-109-75-67(103)66(102)69(56(43-88)111-75)113-76-68(104)73(70(57(44-89)112-76)114-74-61(83-48(5)92)65(101)63(99)54(41-86)110-74)118-80(78(107)108)39-52(95)60(82-47(4)91)72(117-80)64(100)55(42-87)115-79(77(105)106)38-51(94)59(81-46(3)90)71(116-79)62(98)53(96)40-85/h34,36,49-57,59-76,85-89,93-96,98-104H,6-33,35,37-45H2,1-5H3,(H,81,90)(H,82,91)(H,83,92)(H,84,97)(H,105,106)(H,107,108). The zero-order valence-electron chi connectivity index (χ0n) is 69.2. The molecule has 38 heteroatoms. The van der Waals surface area contributed by atoms with Crippen LogP contribution in [-0.2, 0) is 76.1 Å². The van der Waals surface area contributed by atoms with Crippen LogP contribution in [0.4, 0.5) is 0 Å². The van der Waals surface area contributed by atoms with Crippen LogP contribution in [0.5, 0.6) is 0 Å². The number of nitrogens with one attached hydrogen (secondary N) is 4. The molecule has 29 atom stereocenters. The summed E-state index contributed by atoms with van der Waals surface area (Å²) in [4.78, 5) is 79.1. The third-order valence-electron chi connectivity index (χ3n) is 22.5. The molecule has 0 saturated carbocycles. The molecule has 0 spiro atoms. The van der Waals surface area contributed by atoms with Crippen LogP contribution in [0.3, 0.4) is 0 Å². The molecule has 5 aliphatic heterocycles. The number of carbonyl (C=O) groups excluding carboxylic acids is 4. The number of hydrogen-bond donors (Lipinski definition) is 22. The van der Waals surface area contributed by atoms with Crippen molar-refractivity contribution in [3.63, 3.8) is 0 Å². The molecule has 0 aromatic heterocycles. The SMILES string of the molecule is CCCCCCCCCCCCCC=CC(O)C(COC1OC(CO)C(OC2OC(CO)C(OC3OC(CO)C(O)C(O)C3NC(C)=O)C(OC3(C(=O)O)CC(O)C(NC(C)=O)C(C(O)C(CO)OC4(C(=O)O)CC(O)C(NC(C)=O)C(C(O)C(O)CO)O4)O3)C2O)C(O)C1O)NC(=O)CCCCCCCCCCCCCCCCCCC. The molecule has 5 aliphatic rings. The molecule has 29 unspecified atom stereocenters. The lowest BCUT2D eigenvalue weighted by Crippen LogP contribution is -2.72. The van der Waals surface area contributed by atoms with E-state index in [9.17, 15) is 121 Å². The van der Waals surface area contributed by atoms with Crippen LogP contribution in [0.15, 0.2) is 12.2 Å². The van der Waals surface area contributed by atoms with Crippen molar-refractivity contribution in [2.24, 2.45) is 0 Å². The largest absolute Gasteiger partial charge is 0.477 e. The lowest BCUT2D eigenvalue weighted by atomic mass is 9.87. The highest BCUT2D eigenvalue weighted by atomic mass is 16.8. The van der Waals surface area contributed by atoms with Crippen molar-refractivity contribution in [3.05, 3.63) is 12.2 Å². The summed E-state index contributed by atoms with van der Waals surface area (Å²) in [5.41, 5.74) is 0. The Balaban J connectivity index is 1.42. The van der Waals surface area contributed by atoms with Gasteiger partial charge in [0.1, 0.15) is 110 Å². The van der Waals surface area contributed by atoms with E-state index in [-0.39, 0.29) is 6.42 Å². The second-order valence-electron chi connectivity index (χ2n) is 32.1. The van der Waals surface area contributed by atoms with E-state index in [2.05, 4.69) is 35.1 Å². The highest BCUT2D eigenvalue weighted by molar-refractivity contribution is 5.78. The van der Waals surface area contributed by atoms with E-state index >= 15 is 0 Å². The van der Waals surface area contributed by atoms with Gasteiger partial charge in [0.25, 0.3) is 11.6 Å². The molecule has 0 aromatic rings. The normalized spacial score (nSPS) is 32.9. The van der Waals surface area contributed by atoms with Crippen molar-refractivity contribution in [3.8, 4) is 0 Å². The zero-order chi connectivity index (χ0) is 87.2. The molecular weight excluding hydrogens is 1560 g/mol. The Hall–Kier alpha value is -4.48. The first-order valence-electron chi connectivity index (χ1n) is 42.7. The highest BCUT2D eigenvalue weighted by Gasteiger charge is 2.64. The zero-order valence-corrected chi connectivity index (χ0v) is 69.2. The number of aliphatic hydroxyl groups excluding tert-OH is 16. The van der Waals surface area contributed by atoms with Gasteiger partial charge in [0.15, 0.2) is 18.9 Å². The minimum absolute atomic E-state index is 0.113. The van der Waals surface area contributed by atoms with E-state index in [1.807, 2.05) is 0 Å². The Labute approximate surface area is 690 Å². The predicted octanol–water partition coefficient (Wildman–Crippen LogP) is -0.913. The summed E-state index contributed by atoms with van der Waals surface area (Å²) < 4.78 is 59.9. The first-order chi connectivity index (χ1) is 56.3. The number of aliphatic carboxylic acids is 2. The number of amides is 4.